The first kappa shape index (κ1) is 19.6. The van der Waals surface area contributed by atoms with Gasteiger partial charge < -0.3 is 4.74 Å². The third-order valence-corrected chi connectivity index (χ3v) is 5.45. The molecule has 0 radical (unpaired) electrons. The number of hydrogen-bond acceptors (Lipinski definition) is 3. The zero-order valence-electron chi connectivity index (χ0n) is 14.9. The first-order valence-electron chi connectivity index (χ1n) is 9.05. The van der Waals surface area contributed by atoms with Crippen LogP contribution in [0.5, 0.6) is 0 Å². The van der Waals surface area contributed by atoms with Gasteiger partial charge in [-0.3, -0.25) is 4.79 Å². The van der Waals surface area contributed by atoms with Crippen molar-refractivity contribution in [1.82, 2.24) is 0 Å². The van der Waals surface area contributed by atoms with Crippen LogP contribution < -0.4 is 0 Å². The summed E-state index contributed by atoms with van der Waals surface area (Å²) in [6.45, 7) is 6.42. The molecule has 3 rings (SSSR count). The molecule has 2 aromatic rings. The second-order valence-corrected chi connectivity index (χ2v) is 7.16. The van der Waals surface area contributed by atoms with Gasteiger partial charge in [0.05, 0.1) is 0 Å². The fourth-order valence-electron chi connectivity index (χ4n) is 3.44. The number of ether oxygens (including phenoxy) is 1. The van der Waals surface area contributed by atoms with Crippen LogP contribution in [0.1, 0.15) is 38.2 Å². The molecule has 1 fully saturated rings. The molecule has 2 nitrogen and oxygen atoms in total. The molecule has 0 heterocycles. The first-order valence-corrected chi connectivity index (χ1v) is 9.57. The molecule has 0 saturated heterocycles. The number of carbonyl (C=O) groups excluding carboxylic acids is 1. The van der Waals surface area contributed by atoms with Crippen molar-refractivity contribution in [1.29, 1.82) is 0 Å². The van der Waals surface area contributed by atoms with Gasteiger partial charge in [-0.1, -0.05) is 55.5 Å². The van der Waals surface area contributed by atoms with E-state index in [-0.39, 0.29) is 11.4 Å². The van der Waals surface area contributed by atoms with Gasteiger partial charge in [0.25, 0.3) is 6.47 Å². The molecule has 2 aromatic carbocycles. The summed E-state index contributed by atoms with van der Waals surface area (Å²) in [5.41, 5.74) is 1.41. The van der Waals surface area contributed by atoms with Gasteiger partial charge in [-0.25, -0.2) is 0 Å². The molecule has 0 aromatic heterocycles. The predicted octanol–water partition coefficient (Wildman–Crippen LogP) is 5.60. The second-order valence-electron chi connectivity index (χ2n) is 6.49. The number of thiol groups is 1. The van der Waals surface area contributed by atoms with Crippen LogP contribution >= 0.6 is 12.6 Å². The Kier molecular flexibility index (Phi) is 8.07. The third kappa shape index (κ3) is 5.64. The van der Waals surface area contributed by atoms with Crippen LogP contribution in [0.4, 0.5) is 0 Å². The molecule has 134 valence electrons. The molecule has 1 aliphatic carbocycles. The molecule has 0 spiro atoms. The third-order valence-electron chi connectivity index (χ3n) is 4.86. The van der Waals surface area contributed by atoms with E-state index < -0.39 is 0 Å². The van der Waals surface area contributed by atoms with Crippen LogP contribution in [0.2, 0.25) is 0 Å². The van der Waals surface area contributed by atoms with Crippen molar-refractivity contribution in [2.45, 2.75) is 50.4 Å². The van der Waals surface area contributed by atoms with E-state index in [1.165, 1.54) is 16.3 Å². The molecule has 25 heavy (non-hydrogen) atoms. The molecule has 0 bridgehead atoms. The van der Waals surface area contributed by atoms with Gasteiger partial charge in [0.15, 0.2) is 0 Å². The Hall–Kier alpha value is -1.74. The van der Waals surface area contributed by atoms with Crippen LogP contribution in [0.3, 0.4) is 0 Å². The molecular weight excluding hydrogens is 328 g/mol. The van der Waals surface area contributed by atoms with Crippen LogP contribution in [0.25, 0.3) is 10.8 Å². The number of rotatable bonds is 6. The van der Waals surface area contributed by atoms with Crippen LogP contribution in [-0.4, -0.2) is 17.8 Å². The SMILES string of the molecule is C=CCC(S)C1CCCC1OC=O.CCc1ccc2ccccc2c1. The summed E-state index contributed by atoms with van der Waals surface area (Å²) in [7, 11) is 0. The second kappa shape index (κ2) is 10.3. The highest BCUT2D eigenvalue weighted by atomic mass is 32.1. The van der Waals surface area contributed by atoms with Crippen molar-refractivity contribution in [3.63, 3.8) is 0 Å². The molecule has 0 aliphatic heterocycles. The minimum atomic E-state index is 0.0833. The van der Waals surface area contributed by atoms with Gasteiger partial charge >= 0.3 is 0 Å². The number of aryl methyl sites for hydroxylation is 1. The highest BCUT2D eigenvalue weighted by Crippen LogP contribution is 2.34. The lowest BCUT2D eigenvalue weighted by atomic mass is 9.99. The Morgan fingerprint density at radius 1 is 1.24 bits per heavy atom. The quantitative estimate of drug-likeness (QED) is 0.414. The average molecular weight is 357 g/mol. The molecule has 1 aliphatic rings. The van der Waals surface area contributed by atoms with E-state index in [0.717, 1.165) is 32.1 Å². The predicted molar refractivity (Wildman–Crippen MR) is 109 cm³/mol. The topological polar surface area (TPSA) is 26.3 Å². The molecule has 1 saturated carbocycles. The van der Waals surface area contributed by atoms with E-state index in [1.54, 1.807) is 0 Å². The van der Waals surface area contributed by atoms with E-state index in [1.807, 2.05) is 6.08 Å². The minimum absolute atomic E-state index is 0.0833. The van der Waals surface area contributed by atoms with Crippen molar-refractivity contribution < 1.29 is 9.53 Å². The Bertz CT molecular complexity index is 683. The van der Waals surface area contributed by atoms with Crippen molar-refractivity contribution in [2.24, 2.45) is 5.92 Å². The highest BCUT2D eigenvalue weighted by Gasteiger charge is 2.32. The van der Waals surface area contributed by atoms with E-state index in [2.05, 4.69) is 68.6 Å². The van der Waals surface area contributed by atoms with Crippen LogP contribution in [0, 0.1) is 5.92 Å². The first-order chi connectivity index (χ1) is 12.2. The Balaban J connectivity index is 0.000000181. The smallest absolute Gasteiger partial charge is 0.293 e. The van der Waals surface area contributed by atoms with E-state index in [0.29, 0.717) is 12.4 Å². The van der Waals surface area contributed by atoms with E-state index in [9.17, 15) is 4.79 Å². The number of carbonyl (C=O) groups is 1. The summed E-state index contributed by atoms with van der Waals surface area (Å²) in [6.07, 6.45) is 7.18. The van der Waals surface area contributed by atoms with Gasteiger partial charge in [-0.05, 0) is 48.4 Å². The normalized spacial score (nSPS) is 20.4. The molecule has 3 unspecified atom stereocenters. The van der Waals surface area contributed by atoms with Crippen LogP contribution in [-0.2, 0) is 16.0 Å². The average Bonchev–Trinajstić information content (AvgIpc) is 3.11. The monoisotopic (exact) mass is 356 g/mol. The molecule has 3 atom stereocenters. The maximum Gasteiger partial charge on any atom is 0.293 e. The number of hydrogen-bond donors (Lipinski definition) is 1. The van der Waals surface area contributed by atoms with E-state index in [4.69, 9.17) is 4.74 Å². The summed E-state index contributed by atoms with van der Waals surface area (Å²) >= 11 is 4.49. The van der Waals surface area contributed by atoms with E-state index >= 15 is 0 Å². The largest absolute Gasteiger partial charge is 0.464 e. The Morgan fingerprint density at radius 3 is 2.68 bits per heavy atom. The van der Waals surface area contributed by atoms with Crippen molar-refractivity contribution >= 4 is 29.9 Å². The lowest BCUT2D eigenvalue weighted by Crippen LogP contribution is -2.25. The summed E-state index contributed by atoms with van der Waals surface area (Å²) < 4.78 is 5.02. The Morgan fingerprint density at radius 2 is 2.00 bits per heavy atom. The molecule has 0 amide bonds. The number of fused-ring (bicyclic) bond motifs is 1. The van der Waals surface area contributed by atoms with Crippen molar-refractivity contribution in [2.75, 3.05) is 0 Å². The van der Waals surface area contributed by atoms with Gasteiger partial charge in [0.2, 0.25) is 0 Å². The summed E-state index contributed by atoms with van der Waals surface area (Å²) in [5, 5.41) is 2.96. The number of benzene rings is 2. The van der Waals surface area contributed by atoms with Gasteiger partial charge in [0, 0.05) is 11.2 Å². The fraction of sp³-hybridized carbons (Fsp3) is 0.409. The van der Waals surface area contributed by atoms with Gasteiger partial charge in [0.1, 0.15) is 6.10 Å². The summed E-state index contributed by atoms with van der Waals surface area (Å²) in [5.74, 6) is 0.409. The summed E-state index contributed by atoms with van der Waals surface area (Å²) in [4.78, 5) is 10.2. The zero-order valence-corrected chi connectivity index (χ0v) is 15.8. The van der Waals surface area contributed by atoms with Crippen LogP contribution in [0.15, 0.2) is 55.1 Å². The van der Waals surface area contributed by atoms with Gasteiger partial charge in [-0.2, -0.15) is 12.6 Å². The standard InChI is InChI=1S/C12H12.C10H16O2S/c1-2-10-7-8-11-5-3-4-6-12(11)9-10;1-2-4-10(13)8-5-3-6-9(8)12-7-11/h3-9H,2H2,1H3;2,7-10,13H,1,3-6H2. The van der Waals surface area contributed by atoms with Crippen molar-refractivity contribution in [3.8, 4) is 0 Å². The molecular formula is C22H28O2S. The number of allylic oxidation sites excluding steroid dienone is 1. The summed E-state index contributed by atoms with van der Waals surface area (Å²) in [6, 6.07) is 15.1. The van der Waals surface area contributed by atoms with Crippen molar-refractivity contribution in [3.05, 3.63) is 60.7 Å². The minimum Gasteiger partial charge on any atom is -0.464 e. The lowest BCUT2D eigenvalue weighted by Gasteiger charge is -2.22. The molecule has 3 heteroatoms. The highest BCUT2D eigenvalue weighted by molar-refractivity contribution is 7.81. The molecule has 0 N–H and O–H groups in total. The van der Waals surface area contributed by atoms with Gasteiger partial charge in [-0.15, -0.1) is 6.58 Å². The zero-order chi connectivity index (χ0) is 18.1. The lowest BCUT2D eigenvalue weighted by molar-refractivity contribution is -0.135. The fourth-order valence-corrected chi connectivity index (χ4v) is 3.93. The maximum absolute atomic E-state index is 10.2. The maximum atomic E-state index is 10.2. The Labute approximate surface area is 156 Å².